The van der Waals surface area contributed by atoms with Crippen LogP contribution < -0.4 is 5.32 Å². The van der Waals surface area contributed by atoms with Gasteiger partial charge in [0.15, 0.2) is 17.5 Å². The molecule has 1 aromatic rings. The van der Waals surface area contributed by atoms with Gasteiger partial charge in [-0.1, -0.05) is 13.3 Å². The van der Waals surface area contributed by atoms with Gasteiger partial charge in [0.1, 0.15) is 0 Å². The van der Waals surface area contributed by atoms with E-state index in [0.717, 1.165) is 19.3 Å². The Morgan fingerprint density at radius 3 is 2.53 bits per heavy atom. The molecule has 0 bridgehead atoms. The summed E-state index contributed by atoms with van der Waals surface area (Å²) >= 11 is 0. The maximum Gasteiger partial charge on any atom is 0.251 e. The van der Waals surface area contributed by atoms with Crippen LogP contribution in [0.5, 0.6) is 0 Å². The zero-order valence-electron chi connectivity index (χ0n) is 9.69. The molecule has 2 nitrogen and oxygen atoms in total. The zero-order chi connectivity index (χ0) is 12.5. The van der Waals surface area contributed by atoms with E-state index in [9.17, 15) is 13.2 Å². The summed E-state index contributed by atoms with van der Waals surface area (Å²) in [6.45, 7) is 2.63. The first kappa shape index (κ1) is 12.2. The molecule has 0 aliphatic heterocycles. The smallest absolute Gasteiger partial charge is 0.251 e. The molecule has 5 heteroatoms. The normalized spacial score (nSPS) is 17.6. The minimum absolute atomic E-state index is 0.166. The van der Waals surface area contributed by atoms with Crippen molar-refractivity contribution in [3.8, 4) is 0 Å². The van der Waals surface area contributed by atoms with E-state index in [1.165, 1.54) is 6.42 Å². The summed E-state index contributed by atoms with van der Waals surface area (Å²) in [7, 11) is 0. The van der Waals surface area contributed by atoms with E-state index in [0.29, 0.717) is 12.6 Å². The number of pyridine rings is 1. The zero-order valence-corrected chi connectivity index (χ0v) is 9.69. The van der Waals surface area contributed by atoms with E-state index >= 15 is 0 Å². The Morgan fingerprint density at radius 1 is 1.29 bits per heavy atom. The molecule has 0 aromatic carbocycles. The van der Waals surface area contributed by atoms with Gasteiger partial charge < -0.3 is 5.32 Å². The van der Waals surface area contributed by atoms with E-state index < -0.39 is 17.6 Å². The molecule has 94 valence electrons. The first-order valence-electron chi connectivity index (χ1n) is 5.82. The van der Waals surface area contributed by atoms with Crippen molar-refractivity contribution in [2.24, 2.45) is 5.41 Å². The summed E-state index contributed by atoms with van der Waals surface area (Å²) in [5, 5.41) is 2.78. The molecule has 0 atom stereocenters. The van der Waals surface area contributed by atoms with Crippen LogP contribution in [0.25, 0.3) is 0 Å². The van der Waals surface area contributed by atoms with E-state index in [2.05, 4.69) is 17.2 Å². The molecule has 0 radical (unpaired) electrons. The molecule has 1 fully saturated rings. The third-order valence-electron chi connectivity index (χ3n) is 3.68. The summed E-state index contributed by atoms with van der Waals surface area (Å²) in [5.41, 5.74) is 0.166. The summed E-state index contributed by atoms with van der Waals surface area (Å²) < 4.78 is 38.8. The van der Waals surface area contributed by atoms with Crippen molar-refractivity contribution >= 4 is 5.82 Å². The van der Waals surface area contributed by atoms with Gasteiger partial charge in [-0.2, -0.15) is 9.37 Å². The maximum absolute atomic E-state index is 13.3. The SMILES string of the molecule is CCC1(CNc2nc(F)c(F)cc2F)CCC1. The van der Waals surface area contributed by atoms with Crippen LogP contribution in [0.3, 0.4) is 0 Å². The predicted molar refractivity (Wildman–Crippen MR) is 59.2 cm³/mol. The highest BCUT2D eigenvalue weighted by Gasteiger charge is 2.35. The van der Waals surface area contributed by atoms with E-state index in [4.69, 9.17) is 0 Å². The number of nitrogens with one attached hydrogen (secondary N) is 1. The lowest BCUT2D eigenvalue weighted by Gasteiger charge is -2.41. The predicted octanol–water partition coefficient (Wildman–Crippen LogP) is 3.49. The van der Waals surface area contributed by atoms with Crippen LogP contribution >= 0.6 is 0 Å². The Morgan fingerprint density at radius 2 is 2.00 bits per heavy atom. The fourth-order valence-electron chi connectivity index (χ4n) is 2.17. The van der Waals surface area contributed by atoms with Gasteiger partial charge in [-0.3, -0.25) is 0 Å². The van der Waals surface area contributed by atoms with Crippen LogP contribution in [-0.2, 0) is 0 Å². The van der Waals surface area contributed by atoms with E-state index in [1.54, 1.807) is 0 Å². The highest BCUT2D eigenvalue weighted by atomic mass is 19.2. The van der Waals surface area contributed by atoms with Gasteiger partial charge in [-0.05, 0) is 24.7 Å². The van der Waals surface area contributed by atoms with Gasteiger partial charge in [0.25, 0.3) is 5.95 Å². The maximum atomic E-state index is 13.3. The Bertz CT molecular complexity index is 411. The van der Waals surface area contributed by atoms with Gasteiger partial charge in [0.05, 0.1) is 0 Å². The second kappa shape index (κ2) is 4.55. The molecule has 2 rings (SSSR count). The molecule has 0 unspecified atom stereocenters. The van der Waals surface area contributed by atoms with Gasteiger partial charge in [-0.25, -0.2) is 8.78 Å². The number of aromatic nitrogens is 1. The third kappa shape index (κ3) is 2.37. The van der Waals surface area contributed by atoms with Crippen LogP contribution in [0.15, 0.2) is 6.07 Å². The second-order valence-corrected chi connectivity index (χ2v) is 4.65. The van der Waals surface area contributed by atoms with Crippen molar-refractivity contribution in [2.75, 3.05) is 11.9 Å². The monoisotopic (exact) mass is 244 g/mol. The lowest BCUT2D eigenvalue weighted by atomic mass is 9.67. The fraction of sp³-hybridized carbons (Fsp3) is 0.583. The van der Waals surface area contributed by atoms with Gasteiger partial charge in [0.2, 0.25) is 0 Å². The highest BCUT2D eigenvalue weighted by molar-refractivity contribution is 5.36. The standard InChI is InChI=1S/C12H15F3N2/c1-2-12(4-3-5-12)7-16-11-9(14)6-8(13)10(15)17-11/h6H,2-5,7H2,1H3,(H,16,17). The molecule has 0 saturated heterocycles. The van der Waals surface area contributed by atoms with Crippen LogP contribution in [0.4, 0.5) is 19.0 Å². The molecular formula is C12H15F3N2. The Balaban J connectivity index is 2.06. The van der Waals surface area contributed by atoms with Crippen LogP contribution in [-0.4, -0.2) is 11.5 Å². The summed E-state index contributed by atoms with van der Waals surface area (Å²) in [6, 6.07) is 0.518. The molecule has 1 saturated carbocycles. The van der Waals surface area contributed by atoms with Gasteiger partial charge in [0, 0.05) is 12.6 Å². The number of hydrogen-bond donors (Lipinski definition) is 1. The lowest BCUT2D eigenvalue weighted by Crippen LogP contribution is -2.36. The van der Waals surface area contributed by atoms with Crippen molar-refractivity contribution in [2.45, 2.75) is 32.6 Å². The van der Waals surface area contributed by atoms with Crippen LogP contribution in [0.2, 0.25) is 0 Å². The fourth-order valence-corrected chi connectivity index (χ4v) is 2.17. The number of anilines is 1. The molecule has 1 aromatic heterocycles. The van der Waals surface area contributed by atoms with Gasteiger partial charge in [-0.15, -0.1) is 0 Å². The molecule has 1 N–H and O–H groups in total. The summed E-state index contributed by atoms with van der Waals surface area (Å²) in [5.74, 6) is -3.59. The molecular weight excluding hydrogens is 229 g/mol. The first-order valence-corrected chi connectivity index (χ1v) is 5.82. The van der Waals surface area contributed by atoms with Crippen molar-refractivity contribution in [1.29, 1.82) is 0 Å². The van der Waals surface area contributed by atoms with Crippen LogP contribution in [0.1, 0.15) is 32.6 Å². The topological polar surface area (TPSA) is 24.9 Å². The van der Waals surface area contributed by atoms with E-state index in [1.807, 2.05) is 0 Å². The van der Waals surface area contributed by atoms with Crippen molar-refractivity contribution in [3.05, 3.63) is 23.6 Å². The van der Waals surface area contributed by atoms with Crippen molar-refractivity contribution in [1.82, 2.24) is 4.98 Å². The first-order chi connectivity index (χ1) is 8.06. The van der Waals surface area contributed by atoms with E-state index in [-0.39, 0.29) is 11.2 Å². The molecule has 1 heterocycles. The van der Waals surface area contributed by atoms with Crippen molar-refractivity contribution in [3.63, 3.8) is 0 Å². The number of nitrogens with zero attached hydrogens (tertiary/aromatic N) is 1. The molecule has 1 aliphatic carbocycles. The Kier molecular flexibility index (Phi) is 3.26. The molecule has 0 spiro atoms. The number of hydrogen-bond acceptors (Lipinski definition) is 2. The number of halogens is 3. The number of rotatable bonds is 4. The summed E-state index contributed by atoms with van der Waals surface area (Å²) in [6.07, 6.45) is 4.33. The minimum Gasteiger partial charge on any atom is -0.367 e. The summed E-state index contributed by atoms with van der Waals surface area (Å²) in [4.78, 5) is 3.24. The largest absolute Gasteiger partial charge is 0.367 e. The Labute approximate surface area is 98.2 Å². The average molecular weight is 244 g/mol. The molecule has 17 heavy (non-hydrogen) atoms. The molecule has 1 aliphatic rings. The van der Waals surface area contributed by atoms with Crippen LogP contribution in [0, 0.1) is 23.0 Å². The lowest BCUT2D eigenvalue weighted by molar-refractivity contribution is 0.144. The highest BCUT2D eigenvalue weighted by Crippen LogP contribution is 2.43. The average Bonchev–Trinajstić information content (AvgIpc) is 2.24. The Hall–Kier alpha value is -1.26. The minimum atomic E-state index is -1.27. The molecule has 0 amide bonds. The second-order valence-electron chi connectivity index (χ2n) is 4.65. The van der Waals surface area contributed by atoms with Crippen molar-refractivity contribution < 1.29 is 13.2 Å². The van der Waals surface area contributed by atoms with Gasteiger partial charge >= 0.3 is 0 Å². The third-order valence-corrected chi connectivity index (χ3v) is 3.68. The quantitative estimate of drug-likeness (QED) is 0.820.